The summed E-state index contributed by atoms with van der Waals surface area (Å²) in [6.45, 7) is 4.35. The van der Waals surface area contributed by atoms with E-state index in [4.69, 9.17) is 4.74 Å². The molecular weight excluding hydrogens is 238 g/mol. The zero-order valence-electron chi connectivity index (χ0n) is 11.8. The minimum atomic E-state index is -0.501. The average Bonchev–Trinajstić information content (AvgIpc) is 2.43. The highest BCUT2D eigenvalue weighted by Gasteiger charge is 2.31. The maximum Gasteiger partial charge on any atom is 0.119 e. The SMILES string of the molecule is CC1CCC(O)(CNCCOc2ccccc2)CC1. The molecule has 1 aromatic rings. The van der Waals surface area contributed by atoms with E-state index in [2.05, 4.69) is 12.2 Å². The number of para-hydroxylation sites is 1. The molecule has 0 saturated heterocycles. The van der Waals surface area contributed by atoms with E-state index in [0.29, 0.717) is 13.2 Å². The summed E-state index contributed by atoms with van der Waals surface area (Å²) in [5.41, 5.74) is -0.501. The van der Waals surface area contributed by atoms with Crippen LogP contribution in [0.2, 0.25) is 0 Å². The van der Waals surface area contributed by atoms with Crippen LogP contribution in [-0.4, -0.2) is 30.4 Å². The fourth-order valence-electron chi connectivity index (χ4n) is 2.56. The molecule has 0 radical (unpaired) electrons. The Morgan fingerprint density at radius 3 is 2.63 bits per heavy atom. The Balaban J connectivity index is 1.59. The molecule has 3 nitrogen and oxygen atoms in total. The van der Waals surface area contributed by atoms with Crippen molar-refractivity contribution in [1.29, 1.82) is 0 Å². The standard InChI is InChI=1S/C16H25NO2/c1-14-7-9-16(18,10-8-14)13-17-11-12-19-15-5-3-2-4-6-15/h2-6,14,17-18H,7-13H2,1H3. The fourth-order valence-corrected chi connectivity index (χ4v) is 2.56. The van der Waals surface area contributed by atoms with Crippen molar-refractivity contribution < 1.29 is 9.84 Å². The molecule has 0 amide bonds. The van der Waals surface area contributed by atoms with Gasteiger partial charge in [0.2, 0.25) is 0 Å². The third-order valence-electron chi connectivity index (χ3n) is 3.95. The second-order valence-electron chi connectivity index (χ2n) is 5.75. The Labute approximate surface area is 116 Å². The van der Waals surface area contributed by atoms with Crippen molar-refractivity contribution in [2.24, 2.45) is 5.92 Å². The lowest BCUT2D eigenvalue weighted by Gasteiger charge is -2.35. The van der Waals surface area contributed by atoms with Gasteiger partial charge in [-0.05, 0) is 43.7 Å². The van der Waals surface area contributed by atoms with E-state index < -0.39 is 5.60 Å². The lowest BCUT2D eigenvalue weighted by atomic mass is 9.79. The normalized spacial score (nSPS) is 27.2. The zero-order valence-corrected chi connectivity index (χ0v) is 11.8. The lowest BCUT2D eigenvalue weighted by molar-refractivity contribution is -0.00636. The average molecular weight is 263 g/mol. The van der Waals surface area contributed by atoms with Crippen molar-refractivity contribution in [1.82, 2.24) is 5.32 Å². The first kappa shape index (κ1) is 14.4. The predicted octanol–water partition coefficient (Wildman–Crippen LogP) is 2.60. The van der Waals surface area contributed by atoms with Gasteiger partial charge in [0.15, 0.2) is 0 Å². The minimum absolute atomic E-state index is 0.501. The molecule has 1 aliphatic rings. The molecule has 0 spiro atoms. The highest BCUT2D eigenvalue weighted by Crippen LogP contribution is 2.31. The molecular formula is C16H25NO2. The number of benzene rings is 1. The Morgan fingerprint density at radius 2 is 1.95 bits per heavy atom. The zero-order chi connectivity index (χ0) is 13.6. The topological polar surface area (TPSA) is 41.5 Å². The number of rotatable bonds is 6. The Bertz CT molecular complexity index is 358. The van der Waals surface area contributed by atoms with E-state index in [1.165, 1.54) is 0 Å². The number of hydrogen-bond acceptors (Lipinski definition) is 3. The molecule has 1 aromatic carbocycles. The molecule has 1 aliphatic carbocycles. The number of ether oxygens (including phenoxy) is 1. The van der Waals surface area contributed by atoms with Crippen molar-refractivity contribution in [3.8, 4) is 5.75 Å². The smallest absolute Gasteiger partial charge is 0.119 e. The van der Waals surface area contributed by atoms with Crippen molar-refractivity contribution in [2.75, 3.05) is 19.7 Å². The highest BCUT2D eigenvalue weighted by molar-refractivity contribution is 5.20. The van der Waals surface area contributed by atoms with Gasteiger partial charge in [0, 0.05) is 13.1 Å². The van der Waals surface area contributed by atoms with Crippen LogP contribution in [0.3, 0.4) is 0 Å². The quantitative estimate of drug-likeness (QED) is 0.775. The van der Waals surface area contributed by atoms with Crippen LogP contribution in [0.4, 0.5) is 0 Å². The molecule has 0 heterocycles. The molecule has 2 N–H and O–H groups in total. The summed E-state index contributed by atoms with van der Waals surface area (Å²) in [6.07, 6.45) is 4.11. The summed E-state index contributed by atoms with van der Waals surface area (Å²) in [7, 11) is 0. The number of nitrogens with one attached hydrogen (secondary N) is 1. The molecule has 19 heavy (non-hydrogen) atoms. The van der Waals surface area contributed by atoms with Crippen LogP contribution < -0.4 is 10.1 Å². The van der Waals surface area contributed by atoms with Gasteiger partial charge in [-0.25, -0.2) is 0 Å². The van der Waals surface area contributed by atoms with Crippen LogP contribution in [0.25, 0.3) is 0 Å². The molecule has 0 atom stereocenters. The van der Waals surface area contributed by atoms with E-state index in [0.717, 1.165) is 43.9 Å². The first-order chi connectivity index (χ1) is 9.18. The van der Waals surface area contributed by atoms with Gasteiger partial charge in [-0.3, -0.25) is 0 Å². The summed E-state index contributed by atoms with van der Waals surface area (Å²) in [4.78, 5) is 0. The van der Waals surface area contributed by atoms with Gasteiger partial charge < -0.3 is 15.2 Å². The Morgan fingerprint density at radius 1 is 1.26 bits per heavy atom. The molecule has 0 unspecified atom stereocenters. The molecule has 0 aliphatic heterocycles. The van der Waals surface area contributed by atoms with Gasteiger partial charge in [-0.2, -0.15) is 0 Å². The molecule has 0 aromatic heterocycles. The summed E-state index contributed by atoms with van der Waals surface area (Å²) in [5.74, 6) is 1.66. The van der Waals surface area contributed by atoms with E-state index in [1.54, 1.807) is 0 Å². The van der Waals surface area contributed by atoms with Crippen LogP contribution in [0.5, 0.6) is 5.75 Å². The number of aliphatic hydroxyl groups is 1. The third-order valence-corrected chi connectivity index (χ3v) is 3.95. The molecule has 106 valence electrons. The fraction of sp³-hybridized carbons (Fsp3) is 0.625. The maximum atomic E-state index is 10.4. The summed E-state index contributed by atoms with van der Waals surface area (Å²) in [6, 6.07) is 9.82. The van der Waals surface area contributed by atoms with Crippen molar-refractivity contribution >= 4 is 0 Å². The van der Waals surface area contributed by atoms with Gasteiger partial charge in [-0.1, -0.05) is 25.1 Å². The minimum Gasteiger partial charge on any atom is -0.492 e. The number of hydrogen-bond donors (Lipinski definition) is 2. The Hall–Kier alpha value is -1.06. The second kappa shape index (κ2) is 6.92. The molecule has 1 saturated carbocycles. The van der Waals surface area contributed by atoms with Crippen LogP contribution in [0, 0.1) is 5.92 Å². The Kier molecular flexibility index (Phi) is 5.23. The maximum absolute atomic E-state index is 10.4. The van der Waals surface area contributed by atoms with Crippen molar-refractivity contribution in [3.05, 3.63) is 30.3 Å². The monoisotopic (exact) mass is 263 g/mol. The summed E-state index contributed by atoms with van der Waals surface area (Å²) >= 11 is 0. The molecule has 3 heteroatoms. The first-order valence-corrected chi connectivity index (χ1v) is 7.29. The van der Waals surface area contributed by atoms with Crippen molar-refractivity contribution in [3.63, 3.8) is 0 Å². The van der Waals surface area contributed by atoms with E-state index in [1.807, 2.05) is 30.3 Å². The largest absolute Gasteiger partial charge is 0.492 e. The van der Waals surface area contributed by atoms with Gasteiger partial charge in [0.1, 0.15) is 12.4 Å². The van der Waals surface area contributed by atoms with E-state index >= 15 is 0 Å². The van der Waals surface area contributed by atoms with E-state index in [9.17, 15) is 5.11 Å². The van der Waals surface area contributed by atoms with Crippen LogP contribution in [-0.2, 0) is 0 Å². The van der Waals surface area contributed by atoms with Crippen molar-refractivity contribution in [2.45, 2.75) is 38.2 Å². The van der Waals surface area contributed by atoms with E-state index in [-0.39, 0.29) is 0 Å². The van der Waals surface area contributed by atoms with Crippen LogP contribution in [0.1, 0.15) is 32.6 Å². The second-order valence-corrected chi connectivity index (χ2v) is 5.75. The lowest BCUT2D eigenvalue weighted by Crippen LogP contribution is -2.44. The first-order valence-electron chi connectivity index (χ1n) is 7.29. The highest BCUT2D eigenvalue weighted by atomic mass is 16.5. The molecule has 1 fully saturated rings. The van der Waals surface area contributed by atoms with Gasteiger partial charge in [-0.15, -0.1) is 0 Å². The molecule has 2 rings (SSSR count). The third kappa shape index (κ3) is 4.84. The van der Waals surface area contributed by atoms with Gasteiger partial charge in [0.25, 0.3) is 0 Å². The van der Waals surface area contributed by atoms with Crippen LogP contribution in [0.15, 0.2) is 30.3 Å². The summed E-state index contributed by atoms with van der Waals surface area (Å²) < 4.78 is 5.60. The predicted molar refractivity (Wildman–Crippen MR) is 77.4 cm³/mol. The van der Waals surface area contributed by atoms with Gasteiger partial charge >= 0.3 is 0 Å². The van der Waals surface area contributed by atoms with Crippen LogP contribution >= 0.6 is 0 Å². The molecule has 0 bridgehead atoms. The van der Waals surface area contributed by atoms with Gasteiger partial charge in [0.05, 0.1) is 5.60 Å². The summed E-state index contributed by atoms with van der Waals surface area (Å²) in [5, 5.41) is 13.7.